The van der Waals surface area contributed by atoms with E-state index in [4.69, 9.17) is 23.2 Å². The molecule has 0 saturated carbocycles. The average molecular weight is 275 g/mol. The topological polar surface area (TPSA) is 58.2 Å². The molecule has 0 aliphatic rings. The summed E-state index contributed by atoms with van der Waals surface area (Å²) >= 11 is 11.3. The first-order valence-corrected chi connectivity index (χ1v) is 5.83. The highest BCUT2D eigenvalue weighted by Gasteiger charge is 2.04. The van der Waals surface area contributed by atoms with E-state index >= 15 is 0 Å². The van der Waals surface area contributed by atoms with Crippen molar-refractivity contribution in [3.63, 3.8) is 0 Å². The molecule has 0 heterocycles. The second-order valence-electron chi connectivity index (χ2n) is 3.41. The fourth-order valence-corrected chi connectivity index (χ4v) is 1.48. The molecule has 0 unspecified atom stereocenters. The molecular formula is C11H12Cl2N2O2. The lowest BCUT2D eigenvalue weighted by atomic mass is 10.2. The van der Waals surface area contributed by atoms with Crippen LogP contribution in [-0.4, -0.2) is 17.7 Å². The third kappa shape index (κ3) is 4.63. The summed E-state index contributed by atoms with van der Waals surface area (Å²) in [5.41, 5.74) is 1.36. The third-order valence-electron chi connectivity index (χ3n) is 1.95. The van der Waals surface area contributed by atoms with Gasteiger partial charge >= 0.3 is 0 Å². The van der Waals surface area contributed by atoms with Gasteiger partial charge in [-0.15, -0.1) is 11.6 Å². The second kappa shape index (κ2) is 6.47. The number of hydrogen-bond acceptors (Lipinski definition) is 2. The number of amides is 2. The molecule has 1 aromatic carbocycles. The van der Waals surface area contributed by atoms with Gasteiger partial charge in [-0.25, -0.2) is 0 Å². The first-order valence-electron chi connectivity index (χ1n) is 4.91. The van der Waals surface area contributed by atoms with Crippen molar-refractivity contribution in [2.45, 2.75) is 13.5 Å². The Kier molecular flexibility index (Phi) is 5.25. The van der Waals surface area contributed by atoms with Gasteiger partial charge in [0.15, 0.2) is 0 Å². The van der Waals surface area contributed by atoms with E-state index in [9.17, 15) is 9.59 Å². The Bertz CT molecular complexity index is 435. The summed E-state index contributed by atoms with van der Waals surface area (Å²) in [7, 11) is 0. The number of hydrogen-bond donors (Lipinski definition) is 2. The van der Waals surface area contributed by atoms with Gasteiger partial charge < -0.3 is 10.6 Å². The smallest absolute Gasteiger partial charge is 0.235 e. The number of benzene rings is 1. The molecule has 0 atom stereocenters. The van der Waals surface area contributed by atoms with E-state index in [1.165, 1.54) is 6.92 Å². The van der Waals surface area contributed by atoms with Crippen LogP contribution in [0.25, 0.3) is 0 Å². The molecule has 2 amide bonds. The number of anilines is 1. The van der Waals surface area contributed by atoms with Gasteiger partial charge in [-0.3, -0.25) is 9.59 Å². The van der Waals surface area contributed by atoms with Crippen molar-refractivity contribution in [1.82, 2.24) is 5.32 Å². The van der Waals surface area contributed by atoms with E-state index in [2.05, 4.69) is 10.6 Å². The van der Waals surface area contributed by atoms with E-state index in [0.29, 0.717) is 17.3 Å². The van der Waals surface area contributed by atoms with E-state index in [1.807, 2.05) is 0 Å². The summed E-state index contributed by atoms with van der Waals surface area (Å²) < 4.78 is 0. The van der Waals surface area contributed by atoms with Gasteiger partial charge in [0.1, 0.15) is 5.88 Å². The fraction of sp³-hybridized carbons (Fsp3) is 0.273. The van der Waals surface area contributed by atoms with Crippen LogP contribution in [0.2, 0.25) is 5.02 Å². The zero-order valence-corrected chi connectivity index (χ0v) is 10.7. The van der Waals surface area contributed by atoms with E-state index in [-0.39, 0.29) is 17.7 Å². The normalized spacial score (nSPS) is 9.82. The molecule has 0 saturated heterocycles. The predicted molar refractivity (Wildman–Crippen MR) is 68.3 cm³/mol. The highest BCUT2D eigenvalue weighted by molar-refractivity contribution is 6.33. The van der Waals surface area contributed by atoms with Crippen molar-refractivity contribution >= 4 is 40.7 Å². The van der Waals surface area contributed by atoms with Crippen LogP contribution in [0.4, 0.5) is 5.69 Å². The molecule has 4 nitrogen and oxygen atoms in total. The van der Waals surface area contributed by atoms with Crippen molar-refractivity contribution < 1.29 is 9.59 Å². The molecule has 0 aliphatic carbocycles. The number of halogens is 2. The maximum absolute atomic E-state index is 11.0. The van der Waals surface area contributed by atoms with Crippen LogP contribution in [0.15, 0.2) is 18.2 Å². The minimum Gasteiger partial charge on any atom is -0.351 e. The molecule has 2 N–H and O–H groups in total. The monoisotopic (exact) mass is 274 g/mol. The van der Waals surface area contributed by atoms with Crippen LogP contribution in [0.5, 0.6) is 0 Å². The zero-order valence-electron chi connectivity index (χ0n) is 9.22. The standard InChI is InChI=1S/C11H12Cl2N2O2/c1-7(16)15-10-4-8(2-3-9(10)13)6-14-11(17)5-12/h2-4H,5-6H2,1H3,(H,14,17)(H,15,16). The second-order valence-corrected chi connectivity index (χ2v) is 4.08. The lowest BCUT2D eigenvalue weighted by Crippen LogP contribution is -2.23. The van der Waals surface area contributed by atoms with Crippen molar-refractivity contribution in [3.05, 3.63) is 28.8 Å². The van der Waals surface area contributed by atoms with Gasteiger partial charge in [-0.1, -0.05) is 17.7 Å². The van der Waals surface area contributed by atoms with Crippen LogP contribution < -0.4 is 10.6 Å². The van der Waals surface area contributed by atoms with Crippen LogP contribution in [0.3, 0.4) is 0 Å². The van der Waals surface area contributed by atoms with Crippen molar-refractivity contribution in [1.29, 1.82) is 0 Å². The van der Waals surface area contributed by atoms with E-state index in [0.717, 1.165) is 5.56 Å². The van der Waals surface area contributed by atoms with Crippen LogP contribution in [0, 0.1) is 0 Å². The molecule has 0 aliphatic heterocycles. The Hall–Kier alpha value is -1.26. The Balaban J connectivity index is 2.74. The van der Waals surface area contributed by atoms with Gasteiger partial charge in [0.25, 0.3) is 0 Å². The number of carbonyl (C=O) groups excluding carboxylic acids is 2. The van der Waals surface area contributed by atoms with Crippen LogP contribution >= 0.6 is 23.2 Å². The van der Waals surface area contributed by atoms with Crippen molar-refractivity contribution in [2.24, 2.45) is 0 Å². The molecular weight excluding hydrogens is 263 g/mol. The summed E-state index contributed by atoms with van der Waals surface area (Å²) in [5.74, 6) is -0.525. The number of nitrogens with one attached hydrogen (secondary N) is 2. The minimum absolute atomic E-state index is 0.0772. The Morgan fingerprint density at radius 3 is 2.65 bits per heavy atom. The Labute approximate surface area is 109 Å². The molecule has 0 aromatic heterocycles. The van der Waals surface area contributed by atoms with Gasteiger partial charge in [-0.05, 0) is 17.7 Å². The highest BCUT2D eigenvalue weighted by atomic mass is 35.5. The SMILES string of the molecule is CC(=O)Nc1cc(CNC(=O)CCl)ccc1Cl. The van der Waals surface area contributed by atoms with Gasteiger partial charge in [0.05, 0.1) is 10.7 Å². The van der Waals surface area contributed by atoms with Crippen molar-refractivity contribution in [2.75, 3.05) is 11.2 Å². The molecule has 92 valence electrons. The molecule has 1 aromatic rings. The lowest BCUT2D eigenvalue weighted by molar-refractivity contribution is -0.119. The quantitative estimate of drug-likeness (QED) is 0.827. The number of carbonyl (C=O) groups is 2. The van der Waals surface area contributed by atoms with Crippen molar-refractivity contribution in [3.8, 4) is 0 Å². The molecule has 0 bridgehead atoms. The van der Waals surface area contributed by atoms with Gasteiger partial charge in [-0.2, -0.15) is 0 Å². The average Bonchev–Trinajstić information content (AvgIpc) is 2.29. The first kappa shape index (κ1) is 13.8. The maximum atomic E-state index is 11.0. The molecule has 6 heteroatoms. The molecule has 17 heavy (non-hydrogen) atoms. The summed E-state index contributed by atoms with van der Waals surface area (Å²) in [6.45, 7) is 1.74. The van der Waals surface area contributed by atoms with Crippen LogP contribution in [0.1, 0.15) is 12.5 Å². The summed E-state index contributed by atoms with van der Waals surface area (Å²) in [5, 5.41) is 5.68. The first-order chi connectivity index (χ1) is 8.02. The van der Waals surface area contributed by atoms with Gasteiger partial charge in [0, 0.05) is 13.5 Å². The number of alkyl halides is 1. The molecule has 0 fully saturated rings. The summed E-state index contributed by atoms with van der Waals surface area (Å²) in [6.07, 6.45) is 0. The van der Waals surface area contributed by atoms with E-state index in [1.54, 1.807) is 18.2 Å². The third-order valence-corrected chi connectivity index (χ3v) is 2.52. The van der Waals surface area contributed by atoms with Crippen LogP contribution in [-0.2, 0) is 16.1 Å². The molecule has 0 radical (unpaired) electrons. The zero-order chi connectivity index (χ0) is 12.8. The largest absolute Gasteiger partial charge is 0.351 e. The summed E-state index contributed by atoms with van der Waals surface area (Å²) in [6, 6.07) is 5.13. The molecule has 0 spiro atoms. The lowest BCUT2D eigenvalue weighted by Gasteiger charge is -2.08. The van der Waals surface area contributed by atoms with E-state index < -0.39 is 0 Å². The molecule has 1 rings (SSSR count). The highest BCUT2D eigenvalue weighted by Crippen LogP contribution is 2.22. The fourth-order valence-electron chi connectivity index (χ4n) is 1.22. The number of rotatable bonds is 4. The Morgan fingerprint density at radius 1 is 1.35 bits per heavy atom. The van der Waals surface area contributed by atoms with Gasteiger partial charge in [0.2, 0.25) is 11.8 Å². The summed E-state index contributed by atoms with van der Waals surface area (Å²) in [4.78, 5) is 21.9. The Morgan fingerprint density at radius 2 is 2.06 bits per heavy atom. The predicted octanol–water partition coefficient (Wildman–Crippen LogP) is 2.15. The maximum Gasteiger partial charge on any atom is 0.235 e. The minimum atomic E-state index is -0.248.